The molecule has 3 aliphatic heterocycles. The van der Waals surface area contributed by atoms with Crippen molar-refractivity contribution in [1.29, 1.82) is 0 Å². The number of aliphatic hydroxyl groups is 1. The average Bonchev–Trinajstić information content (AvgIpc) is 3.52. The van der Waals surface area contributed by atoms with Crippen LogP contribution in [-0.2, 0) is 25.8 Å². The van der Waals surface area contributed by atoms with E-state index >= 15 is 0 Å². The number of likely N-dealkylation sites (tertiary alicyclic amines) is 1. The second-order valence-electron chi connectivity index (χ2n) is 9.53. The first-order chi connectivity index (χ1) is 16.3. The number of amides is 2. The molecule has 3 fully saturated rings. The molecule has 2 aromatic rings. The summed E-state index contributed by atoms with van der Waals surface area (Å²) in [5, 5.41) is 21.1. The third kappa shape index (κ3) is 3.16. The monoisotopic (exact) mass is 487 g/mol. The molecule has 0 saturated carbocycles. The number of benzene rings is 1. The molecule has 0 aliphatic carbocycles. The van der Waals surface area contributed by atoms with Gasteiger partial charge < -0.3 is 20.1 Å². The van der Waals surface area contributed by atoms with E-state index in [2.05, 4.69) is 15.6 Å². The Morgan fingerprint density at radius 3 is 2.85 bits per heavy atom. The van der Waals surface area contributed by atoms with Crippen molar-refractivity contribution in [2.45, 2.75) is 61.9 Å². The number of nitrogens with zero attached hydrogens (tertiary/aromatic N) is 4. The topological polar surface area (TPSA) is 127 Å². The number of hydrogen-bond acceptors (Lipinski definition) is 8. The van der Waals surface area contributed by atoms with Crippen molar-refractivity contribution in [2.24, 2.45) is 11.8 Å². The Bertz CT molecular complexity index is 1160. The quantitative estimate of drug-likeness (QED) is 0.553. The third-order valence-corrected chi connectivity index (χ3v) is 9.55. The van der Waals surface area contributed by atoms with Gasteiger partial charge in [-0.2, -0.15) is 0 Å². The van der Waals surface area contributed by atoms with Crippen molar-refractivity contribution < 1.29 is 24.2 Å². The van der Waals surface area contributed by atoms with Crippen LogP contribution in [-0.4, -0.2) is 77.6 Å². The number of aromatic nitrogens is 3. The largest absolute Gasteiger partial charge is 0.466 e. The maximum absolute atomic E-state index is 13.7. The van der Waals surface area contributed by atoms with Crippen LogP contribution >= 0.6 is 11.8 Å². The standard InChI is InChI=1S/C23H29N5O5S/c1-4-33-21(32)17-16-20(31)28(13(2)11-29)18(23(16)10-9-22(17,3)34-23)19(30)24-12-27-15-8-6-5-7-14(15)25-26-27/h5-8,13,16-18,29H,4,9-12H2,1-3H3,(H,24,30)/t13-,16+,17-,18?,22+,23?/m1/s1. The molecule has 1 aromatic carbocycles. The van der Waals surface area contributed by atoms with Crippen molar-refractivity contribution in [3.63, 3.8) is 0 Å². The Morgan fingerprint density at radius 1 is 1.35 bits per heavy atom. The van der Waals surface area contributed by atoms with E-state index in [9.17, 15) is 19.5 Å². The van der Waals surface area contributed by atoms with Crippen LogP contribution in [0, 0.1) is 11.8 Å². The van der Waals surface area contributed by atoms with Crippen LogP contribution in [0.25, 0.3) is 11.0 Å². The van der Waals surface area contributed by atoms with Crippen molar-refractivity contribution in [1.82, 2.24) is 25.2 Å². The van der Waals surface area contributed by atoms with E-state index in [1.54, 1.807) is 30.3 Å². The Balaban J connectivity index is 1.48. The molecular formula is C23H29N5O5S. The first-order valence-corrected chi connectivity index (χ1v) is 12.4. The summed E-state index contributed by atoms with van der Waals surface area (Å²) in [4.78, 5) is 41.9. The molecule has 2 N–H and O–H groups in total. The number of hydrogen-bond donors (Lipinski definition) is 2. The summed E-state index contributed by atoms with van der Waals surface area (Å²) in [6.45, 7) is 5.51. The summed E-state index contributed by atoms with van der Waals surface area (Å²) in [5.74, 6) is -2.25. The zero-order valence-electron chi connectivity index (χ0n) is 19.4. The summed E-state index contributed by atoms with van der Waals surface area (Å²) in [5.41, 5.74) is 1.50. The van der Waals surface area contributed by atoms with Gasteiger partial charge in [0.2, 0.25) is 11.8 Å². The Morgan fingerprint density at radius 2 is 2.12 bits per heavy atom. The number of rotatable bonds is 7. The molecule has 0 radical (unpaired) electrons. The van der Waals surface area contributed by atoms with E-state index in [1.165, 1.54) is 4.90 Å². The van der Waals surface area contributed by atoms with Gasteiger partial charge in [0, 0.05) is 4.75 Å². The Hall–Kier alpha value is -2.66. The number of carbonyl (C=O) groups excluding carboxylic acids is 3. The van der Waals surface area contributed by atoms with Crippen LogP contribution in [0.15, 0.2) is 24.3 Å². The molecule has 5 rings (SSSR count). The highest BCUT2D eigenvalue weighted by molar-refractivity contribution is 8.02. The van der Waals surface area contributed by atoms with Gasteiger partial charge in [0.1, 0.15) is 18.2 Å². The predicted molar refractivity (Wildman–Crippen MR) is 124 cm³/mol. The number of aliphatic hydroxyl groups excluding tert-OH is 1. The minimum Gasteiger partial charge on any atom is -0.466 e. The van der Waals surface area contributed by atoms with Gasteiger partial charge in [0.05, 0.1) is 41.4 Å². The van der Waals surface area contributed by atoms with Gasteiger partial charge >= 0.3 is 5.97 Å². The maximum Gasteiger partial charge on any atom is 0.311 e. The van der Waals surface area contributed by atoms with E-state index < -0.39 is 33.4 Å². The molecule has 34 heavy (non-hydrogen) atoms. The van der Waals surface area contributed by atoms with Crippen molar-refractivity contribution in [3.05, 3.63) is 24.3 Å². The molecule has 2 bridgehead atoms. The zero-order chi connectivity index (χ0) is 24.3. The van der Waals surface area contributed by atoms with Crippen LogP contribution in [0.2, 0.25) is 0 Å². The third-order valence-electron chi connectivity index (χ3n) is 7.57. The summed E-state index contributed by atoms with van der Waals surface area (Å²) in [6.07, 6.45) is 1.35. The molecule has 4 heterocycles. The molecule has 3 aliphatic rings. The van der Waals surface area contributed by atoms with Crippen molar-refractivity contribution in [3.8, 4) is 0 Å². The van der Waals surface area contributed by atoms with Crippen molar-refractivity contribution in [2.75, 3.05) is 13.2 Å². The number of fused-ring (bicyclic) bond motifs is 2. The minimum absolute atomic E-state index is 0.0926. The minimum atomic E-state index is -0.812. The summed E-state index contributed by atoms with van der Waals surface area (Å²) in [7, 11) is 0. The van der Waals surface area contributed by atoms with Gasteiger partial charge in [0.25, 0.3) is 0 Å². The van der Waals surface area contributed by atoms with Gasteiger partial charge in [-0.1, -0.05) is 17.3 Å². The van der Waals surface area contributed by atoms with Gasteiger partial charge in [-0.15, -0.1) is 16.9 Å². The van der Waals surface area contributed by atoms with Crippen LogP contribution in [0.1, 0.15) is 33.6 Å². The van der Waals surface area contributed by atoms with Crippen LogP contribution in [0.3, 0.4) is 0 Å². The van der Waals surface area contributed by atoms with E-state index in [0.29, 0.717) is 12.8 Å². The van der Waals surface area contributed by atoms with Gasteiger partial charge in [-0.05, 0) is 45.7 Å². The highest BCUT2D eigenvalue weighted by atomic mass is 32.2. The van der Waals surface area contributed by atoms with E-state index in [1.807, 2.05) is 31.2 Å². The van der Waals surface area contributed by atoms with Gasteiger partial charge in [-0.25, -0.2) is 4.68 Å². The molecule has 6 atom stereocenters. The first-order valence-electron chi connectivity index (χ1n) is 11.6. The smallest absolute Gasteiger partial charge is 0.311 e. The molecular weight excluding hydrogens is 458 g/mol. The Labute approximate surface area is 201 Å². The highest BCUT2D eigenvalue weighted by Gasteiger charge is 2.77. The number of nitrogens with one attached hydrogen (secondary N) is 1. The number of carbonyl (C=O) groups is 3. The first kappa shape index (κ1) is 23.1. The lowest BCUT2D eigenvalue weighted by Crippen LogP contribution is -2.56. The molecule has 1 aromatic heterocycles. The lowest BCUT2D eigenvalue weighted by Gasteiger charge is -2.35. The Kier molecular flexibility index (Phi) is 5.59. The van der Waals surface area contributed by atoms with E-state index in [4.69, 9.17) is 4.74 Å². The molecule has 3 saturated heterocycles. The lowest BCUT2D eigenvalue weighted by atomic mass is 9.66. The fourth-order valence-electron chi connectivity index (χ4n) is 6.10. The number of esters is 1. The molecule has 182 valence electrons. The van der Waals surface area contributed by atoms with Gasteiger partial charge in [-0.3, -0.25) is 14.4 Å². The fourth-order valence-corrected chi connectivity index (χ4v) is 8.43. The van der Waals surface area contributed by atoms with Crippen LogP contribution in [0.4, 0.5) is 0 Å². The second kappa shape index (κ2) is 8.23. The second-order valence-corrected chi connectivity index (χ2v) is 11.4. The fraction of sp³-hybridized carbons (Fsp3) is 0.609. The number of para-hydroxylation sites is 1. The van der Waals surface area contributed by atoms with Gasteiger partial charge in [0.15, 0.2) is 0 Å². The lowest BCUT2D eigenvalue weighted by molar-refractivity contribution is -0.155. The zero-order valence-corrected chi connectivity index (χ0v) is 20.2. The average molecular weight is 488 g/mol. The highest BCUT2D eigenvalue weighted by Crippen LogP contribution is 2.71. The summed E-state index contributed by atoms with van der Waals surface area (Å²) >= 11 is 1.57. The van der Waals surface area contributed by atoms with Crippen molar-refractivity contribution >= 4 is 40.6 Å². The molecule has 2 unspecified atom stereocenters. The summed E-state index contributed by atoms with van der Waals surface area (Å²) < 4.78 is 5.74. The number of ether oxygens (including phenoxy) is 1. The normalized spacial score (nSPS) is 32.8. The van der Waals surface area contributed by atoms with E-state index in [-0.39, 0.29) is 37.7 Å². The maximum atomic E-state index is 13.7. The van der Waals surface area contributed by atoms with Crippen LogP contribution in [0.5, 0.6) is 0 Å². The van der Waals surface area contributed by atoms with Crippen LogP contribution < -0.4 is 5.32 Å². The molecule has 10 nitrogen and oxygen atoms in total. The SMILES string of the molecule is CCOC(=O)[C@H]1[C@H]2C(=O)N([C@H](C)CO)C(C(=O)NCn3nnc4ccccc43)C23CC[C@]1(C)S3. The molecule has 2 amide bonds. The molecule has 1 spiro atoms. The number of thioether (sulfide) groups is 1. The van der Waals surface area contributed by atoms with E-state index in [0.717, 1.165) is 11.0 Å². The molecule has 11 heteroatoms. The predicted octanol–water partition coefficient (Wildman–Crippen LogP) is 0.930. The summed E-state index contributed by atoms with van der Waals surface area (Å²) in [6, 6.07) is 6.08.